The van der Waals surface area contributed by atoms with E-state index in [2.05, 4.69) is 17.2 Å². The first-order chi connectivity index (χ1) is 12.7. The van der Waals surface area contributed by atoms with Gasteiger partial charge in [0.2, 0.25) is 0 Å². The number of hydrogen-bond donors (Lipinski definition) is 2. The lowest BCUT2D eigenvalue weighted by Crippen LogP contribution is -2.27. The van der Waals surface area contributed by atoms with Crippen LogP contribution in [-0.4, -0.2) is 16.0 Å². The largest absolute Gasteiger partial charge is 0.456 e. The summed E-state index contributed by atoms with van der Waals surface area (Å²) in [4.78, 5) is 8.78. The molecule has 1 fully saturated rings. The number of nitrogens with two attached hydrogens (primary N) is 1. The van der Waals surface area contributed by atoms with Crippen LogP contribution in [0.1, 0.15) is 39.0 Å². The smallest absolute Gasteiger partial charge is 0.184 e. The monoisotopic (exact) mass is 368 g/mol. The van der Waals surface area contributed by atoms with E-state index in [1.165, 1.54) is 32.1 Å². The number of aromatic nitrogens is 2. The van der Waals surface area contributed by atoms with Crippen LogP contribution in [0.15, 0.2) is 36.5 Å². The van der Waals surface area contributed by atoms with E-state index < -0.39 is 0 Å². The molecule has 26 heavy (non-hydrogen) atoms. The number of nitrogens with one attached hydrogen (secondary N) is 1. The van der Waals surface area contributed by atoms with Crippen molar-refractivity contribution in [3.05, 3.63) is 36.5 Å². The van der Waals surface area contributed by atoms with Crippen LogP contribution in [0.5, 0.6) is 11.5 Å². The molecule has 0 aliphatic heterocycles. The molecule has 1 aliphatic rings. The Bertz CT molecular complexity index is 871. The highest BCUT2D eigenvalue weighted by molar-refractivity contribution is 7.22. The van der Waals surface area contributed by atoms with Gasteiger partial charge in [-0.15, -0.1) is 0 Å². The molecule has 1 aromatic carbocycles. The van der Waals surface area contributed by atoms with Crippen molar-refractivity contribution in [3.8, 4) is 11.5 Å². The van der Waals surface area contributed by atoms with Gasteiger partial charge in [0.25, 0.3) is 0 Å². The Labute approximate surface area is 157 Å². The summed E-state index contributed by atoms with van der Waals surface area (Å²) in [6.45, 7) is 2.28. The van der Waals surface area contributed by atoms with Gasteiger partial charge in [0.15, 0.2) is 5.13 Å². The lowest BCUT2D eigenvalue weighted by Gasteiger charge is -2.28. The van der Waals surface area contributed by atoms with Gasteiger partial charge in [0.1, 0.15) is 17.3 Å². The molecule has 0 amide bonds. The van der Waals surface area contributed by atoms with Gasteiger partial charge in [-0.3, -0.25) is 0 Å². The van der Waals surface area contributed by atoms with Gasteiger partial charge in [0, 0.05) is 12.1 Å². The molecular formula is C20H24N4OS. The number of benzene rings is 1. The summed E-state index contributed by atoms with van der Waals surface area (Å²) in [7, 11) is 0. The number of fused-ring (bicyclic) bond motifs is 1. The van der Waals surface area contributed by atoms with E-state index >= 15 is 0 Å². The highest BCUT2D eigenvalue weighted by Gasteiger charge is 2.20. The number of ether oxygens (including phenoxy) is 1. The Balaban J connectivity index is 1.47. The van der Waals surface area contributed by atoms with Crippen molar-refractivity contribution in [1.82, 2.24) is 9.97 Å². The Morgan fingerprint density at radius 2 is 1.96 bits per heavy atom. The second-order valence-electron chi connectivity index (χ2n) is 7.00. The number of nitrogens with zero attached hydrogens (tertiary/aromatic N) is 2. The van der Waals surface area contributed by atoms with E-state index in [0.717, 1.165) is 27.0 Å². The Kier molecular flexibility index (Phi) is 4.93. The van der Waals surface area contributed by atoms with Crippen LogP contribution in [-0.2, 0) is 0 Å². The molecule has 136 valence electrons. The average Bonchev–Trinajstić information content (AvgIpc) is 3.06. The van der Waals surface area contributed by atoms with E-state index in [0.29, 0.717) is 17.6 Å². The fourth-order valence-electron chi connectivity index (χ4n) is 3.57. The minimum Gasteiger partial charge on any atom is -0.456 e. The lowest BCUT2D eigenvalue weighted by atomic mass is 9.85. The third-order valence-electron chi connectivity index (χ3n) is 5.06. The maximum atomic E-state index is 5.87. The first-order valence-corrected chi connectivity index (χ1v) is 10.1. The molecule has 5 nitrogen and oxygen atoms in total. The summed E-state index contributed by atoms with van der Waals surface area (Å²) in [6.07, 6.45) is 8.38. The van der Waals surface area contributed by atoms with Crippen molar-refractivity contribution < 1.29 is 4.74 Å². The zero-order chi connectivity index (χ0) is 17.9. The topological polar surface area (TPSA) is 73.1 Å². The minimum atomic E-state index is 0.465. The summed E-state index contributed by atoms with van der Waals surface area (Å²) < 4.78 is 6.98. The maximum absolute atomic E-state index is 5.87. The Morgan fingerprint density at radius 1 is 1.15 bits per heavy atom. The van der Waals surface area contributed by atoms with Crippen molar-refractivity contribution in [2.45, 2.75) is 45.1 Å². The highest BCUT2D eigenvalue weighted by Crippen LogP contribution is 2.33. The number of nitrogen functional groups attached to an aromatic ring is 1. The van der Waals surface area contributed by atoms with Gasteiger partial charge >= 0.3 is 0 Å². The summed E-state index contributed by atoms with van der Waals surface area (Å²) in [6, 6.07) is 9.98. The molecule has 1 unspecified atom stereocenters. The van der Waals surface area contributed by atoms with Crippen molar-refractivity contribution >= 4 is 32.5 Å². The van der Waals surface area contributed by atoms with Crippen LogP contribution in [0, 0.1) is 5.92 Å². The second kappa shape index (κ2) is 7.50. The van der Waals surface area contributed by atoms with Crippen LogP contribution < -0.4 is 15.8 Å². The Morgan fingerprint density at radius 3 is 2.73 bits per heavy atom. The fourth-order valence-corrected chi connectivity index (χ4v) is 4.56. The first-order valence-electron chi connectivity index (χ1n) is 9.24. The number of thiazole rings is 1. The van der Waals surface area contributed by atoms with E-state index in [1.54, 1.807) is 23.6 Å². The SMILES string of the molecule is CC(Nc1nc2ccc(Oc3ccc(N)nc3)cc2s1)C1CCCCC1. The third kappa shape index (κ3) is 3.90. The molecule has 3 aromatic rings. The minimum absolute atomic E-state index is 0.465. The molecule has 3 N–H and O–H groups in total. The zero-order valence-corrected chi connectivity index (χ0v) is 15.8. The predicted molar refractivity (Wildman–Crippen MR) is 108 cm³/mol. The first kappa shape index (κ1) is 17.1. The average molecular weight is 369 g/mol. The van der Waals surface area contributed by atoms with Gasteiger partial charge in [-0.2, -0.15) is 0 Å². The zero-order valence-electron chi connectivity index (χ0n) is 14.9. The van der Waals surface area contributed by atoms with E-state index in [4.69, 9.17) is 15.5 Å². The summed E-state index contributed by atoms with van der Waals surface area (Å²) >= 11 is 1.68. The maximum Gasteiger partial charge on any atom is 0.184 e. The van der Waals surface area contributed by atoms with E-state index in [1.807, 2.05) is 24.3 Å². The second-order valence-corrected chi connectivity index (χ2v) is 8.03. The molecule has 6 heteroatoms. The number of hydrogen-bond acceptors (Lipinski definition) is 6. The van der Waals surface area contributed by atoms with Crippen LogP contribution >= 0.6 is 11.3 Å². The fraction of sp³-hybridized carbons (Fsp3) is 0.400. The molecule has 1 aliphatic carbocycles. The quantitative estimate of drug-likeness (QED) is 0.627. The molecule has 1 atom stereocenters. The summed E-state index contributed by atoms with van der Waals surface area (Å²) in [5.41, 5.74) is 6.61. The van der Waals surface area contributed by atoms with Gasteiger partial charge in [-0.25, -0.2) is 9.97 Å². The van der Waals surface area contributed by atoms with Gasteiger partial charge < -0.3 is 15.8 Å². The molecule has 2 aromatic heterocycles. The summed E-state index contributed by atoms with van der Waals surface area (Å²) in [5, 5.41) is 4.61. The van der Waals surface area contributed by atoms with E-state index in [9.17, 15) is 0 Å². The standard InChI is InChI=1S/C20H24N4OS/c1-13(14-5-3-2-4-6-14)23-20-24-17-9-7-15(11-18(17)26-20)25-16-8-10-19(21)22-12-16/h7-14H,2-6H2,1H3,(H2,21,22)(H,23,24). The van der Waals surface area contributed by atoms with Gasteiger partial charge in [-0.05, 0) is 49.9 Å². The van der Waals surface area contributed by atoms with Crippen molar-refractivity contribution in [2.75, 3.05) is 11.1 Å². The number of pyridine rings is 1. The molecule has 2 heterocycles. The molecule has 0 spiro atoms. The third-order valence-corrected chi connectivity index (χ3v) is 6.01. The summed E-state index contributed by atoms with van der Waals surface area (Å²) in [5.74, 6) is 2.69. The Hall–Kier alpha value is -2.34. The van der Waals surface area contributed by atoms with E-state index in [-0.39, 0.29) is 0 Å². The lowest BCUT2D eigenvalue weighted by molar-refractivity contribution is 0.328. The number of anilines is 2. The predicted octanol–water partition coefficient (Wildman–Crippen LogP) is 5.45. The molecule has 4 rings (SSSR count). The van der Waals surface area contributed by atoms with Crippen LogP contribution in [0.3, 0.4) is 0 Å². The number of rotatable bonds is 5. The van der Waals surface area contributed by atoms with Crippen molar-refractivity contribution in [3.63, 3.8) is 0 Å². The van der Waals surface area contributed by atoms with Crippen molar-refractivity contribution in [2.24, 2.45) is 5.92 Å². The van der Waals surface area contributed by atoms with Gasteiger partial charge in [-0.1, -0.05) is 30.6 Å². The van der Waals surface area contributed by atoms with Crippen LogP contribution in [0.2, 0.25) is 0 Å². The molecule has 0 radical (unpaired) electrons. The van der Waals surface area contributed by atoms with Crippen LogP contribution in [0.25, 0.3) is 10.2 Å². The van der Waals surface area contributed by atoms with Gasteiger partial charge in [0.05, 0.1) is 16.4 Å². The molecular weight excluding hydrogens is 344 g/mol. The molecule has 1 saturated carbocycles. The van der Waals surface area contributed by atoms with Crippen molar-refractivity contribution in [1.29, 1.82) is 0 Å². The molecule has 0 saturated heterocycles. The highest BCUT2D eigenvalue weighted by atomic mass is 32.1. The molecule has 0 bridgehead atoms. The van der Waals surface area contributed by atoms with Crippen LogP contribution in [0.4, 0.5) is 10.9 Å². The normalized spacial score (nSPS) is 16.5.